The lowest BCUT2D eigenvalue weighted by atomic mass is 9.81. The molecule has 3 fully saturated rings. The average molecular weight is 333 g/mol. The molecule has 3 rings (SSSR count). The number of carbonyl (C=O) groups excluding carboxylic acids is 2. The Kier molecular flexibility index (Phi) is 4.09. The molecule has 122 valence electrons. The Morgan fingerprint density at radius 2 is 1.68 bits per heavy atom. The molecule has 0 N–H and O–H groups in total. The van der Waals surface area contributed by atoms with Crippen LogP contribution in [0.25, 0.3) is 0 Å². The number of alkyl halides is 2. The number of rotatable bonds is 2. The summed E-state index contributed by atoms with van der Waals surface area (Å²) in [5, 5.41) is 10.2. The normalized spacial score (nSPS) is 42.4. The van der Waals surface area contributed by atoms with E-state index in [1.54, 1.807) is 0 Å². The van der Waals surface area contributed by atoms with Crippen molar-refractivity contribution in [3.63, 3.8) is 0 Å². The van der Waals surface area contributed by atoms with E-state index < -0.39 is 28.6 Å². The summed E-state index contributed by atoms with van der Waals surface area (Å²) in [6.07, 6.45) is 1.17. The molecule has 2 saturated carbocycles. The van der Waals surface area contributed by atoms with Crippen molar-refractivity contribution in [1.29, 1.82) is 0 Å². The van der Waals surface area contributed by atoms with E-state index in [4.69, 9.17) is 11.6 Å². The molecule has 1 aliphatic heterocycles. The summed E-state index contributed by atoms with van der Waals surface area (Å²) >= 11 is 5.87. The van der Waals surface area contributed by atoms with Crippen LogP contribution in [0.3, 0.4) is 0 Å². The van der Waals surface area contributed by atoms with Gasteiger partial charge in [0.05, 0.1) is 17.9 Å². The summed E-state index contributed by atoms with van der Waals surface area (Å²) in [6.45, 7) is 0. The van der Waals surface area contributed by atoms with Gasteiger partial charge in [-0.25, -0.2) is 4.39 Å². The van der Waals surface area contributed by atoms with Crippen LogP contribution in [0.2, 0.25) is 0 Å². The van der Waals surface area contributed by atoms with Gasteiger partial charge >= 0.3 is 0 Å². The van der Waals surface area contributed by atoms with Crippen LogP contribution in [0.1, 0.15) is 38.5 Å². The first-order valence-corrected chi connectivity index (χ1v) is 8.14. The summed E-state index contributed by atoms with van der Waals surface area (Å²) in [7, 11) is 0. The fourth-order valence-electron chi connectivity index (χ4n) is 4.07. The number of fused-ring (bicyclic) bond motifs is 1. The third-order valence-electron chi connectivity index (χ3n) is 5.25. The quantitative estimate of drug-likeness (QED) is 0.335. The van der Waals surface area contributed by atoms with Gasteiger partial charge in [-0.05, 0) is 12.8 Å². The van der Waals surface area contributed by atoms with Crippen molar-refractivity contribution in [2.45, 2.75) is 62.2 Å². The first-order chi connectivity index (χ1) is 10.4. The third-order valence-corrected chi connectivity index (χ3v) is 5.72. The summed E-state index contributed by atoms with van der Waals surface area (Å²) in [6, 6.07) is -2.17. The predicted molar refractivity (Wildman–Crippen MR) is 75.6 cm³/mol. The van der Waals surface area contributed by atoms with E-state index in [9.17, 15) is 24.1 Å². The molecule has 6 atom stereocenters. The van der Waals surface area contributed by atoms with Gasteiger partial charge in [0.25, 0.3) is 0 Å². The number of imide groups is 1. The van der Waals surface area contributed by atoms with E-state index in [2.05, 4.69) is 0 Å². The summed E-state index contributed by atoms with van der Waals surface area (Å²) < 4.78 is 14.4. The minimum Gasteiger partial charge on any atom is -0.276 e. The number of carbonyl (C=O) groups is 2. The Labute approximate surface area is 132 Å². The highest BCUT2D eigenvalue weighted by Crippen LogP contribution is 2.42. The molecule has 6 nitrogen and oxygen atoms in total. The van der Waals surface area contributed by atoms with E-state index in [-0.39, 0.29) is 36.5 Å². The highest BCUT2D eigenvalue weighted by atomic mass is 35.5. The molecule has 0 aromatic rings. The van der Waals surface area contributed by atoms with Crippen molar-refractivity contribution < 1.29 is 18.9 Å². The lowest BCUT2D eigenvalue weighted by Gasteiger charge is -2.35. The first kappa shape index (κ1) is 15.6. The zero-order valence-corrected chi connectivity index (χ0v) is 12.7. The van der Waals surface area contributed by atoms with E-state index in [0.717, 1.165) is 17.7 Å². The Hall–Kier alpha value is -1.24. The van der Waals surface area contributed by atoms with E-state index >= 15 is 0 Å². The molecule has 0 aromatic carbocycles. The van der Waals surface area contributed by atoms with Gasteiger partial charge in [0.2, 0.25) is 17.9 Å². The number of halogens is 2. The van der Waals surface area contributed by atoms with Crippen molar-refractivity contribution in [2.24, 2.45) is 11.8 Å². The molecule has 2 amide bonds. The fraction of sp³-hybridized carbons (Fsp3) is 0.857. The molecular weight excluding hydrogens is 315 g/mol. The van der Waals surface area contributed by atoms with E-state index in [0.29, 0.717) is 12.8 Å². The third kappa shape index (κ3) is 2.39. The van der Waals surface area contributed by atoms with Crippen LogP contribution in [0.5, 0.6) is 0 Å². The maximum atomic E-state index is 14.4. The van der Waals surface area contributed by atoms with Crippen LogP contribution < -0.4 is 0 Å². The minimum absolute atomic E-state index is 0.195. The average Bonchev–Trinajstić information content (AvgIpc) is 2.72. The van der Waals surface area contributed by atoms with Gasteiger partial charge in [0.15, 0.2) is 0 Å². The molecule has 3 aliphatic rings. The van der Waals surface area contributed by atoms with E-state index in [1.807, 2.05) is 0 Å². The van der Waals surface area contributed by atoms with Crippen LogP contribution in [0, 0.1) is 22.0 Å². The van der Waals surface area contributed by atoms with Crippen molar-refractivity contribution >= 4 is 23.4 Å². The van der Waals surface area contributed by atoms with Crippen molar-refractivity contribution in [3.05, 3.63) is 10.1 Å². The molecule has 1 saturated heterocycles. The van der Waals surface area contributed by atoms with Crippen LogP contribution in [-0.4, -0.2) is 45.3 Å². The molecule has 6 unspecified atom stereocenters. The van der Waals surface area contributed by atoms with Gasteiger partial charge in [-0.3, -0.25) is 24.6 Å². The summed E-state index contributed by atoms with van der Waals surface area (Å²) in [5.74, 6) is -1.43. The van der Waals surface area contributed by atoms with Gasteiger partial charge in [0, 0.05) is 17.8 Å². The monoisotopic (exact) mass is 332 g/mol. The standard InChI is InChI=1S/C14H18ClFN2O4/c15-9-5-10(16)12(6-11(9)18(21)22)17-13(19)7-3-1-2-4-8(7)14(17)20/h7-12H,1-6H2. The van der Waals surface area contributed by atoms with Crippen LogP contribution in [0.15, 0.2) is 0 Å². The lowest BCUT2D eigenvalue weighted by Crippen LogP contribution is -2.54. The number of hydrogen-bond acceptors (Lipinski definition) is 4. The second-order valence-electron chi connectivity index (χ2n) is 6.47. The summed E-state index contributed by atoms with van der Waals surface area (Å²) in [4.78, 5) is 36.5. The SMILES string of the molecule is O=C1C2CCCCC2C(=O)N1C1CC([N+](=O)[O-])C(Cl)CC1F. The van der Waals surface area contributed by atoms with Crippen LogP contribution >= 0.6 is 11.6 Å². The topological polar surface area (TPSA) is 80.5 Å². The smallest absolute Gasteiger partial charge is 0.233 e. The van der Waals surface area contributed by atoms with Gasteiger partial charge in [-0.15, -0.1) is 11.6 Å². The van der Waals surface area contributed by atoms with Gasteiger partial charge < -0.3 is 0 Å². The predicted octanol–water partition coefficient (Wildman–Crippen LogP) is 1.91. The molecule has 8 heteroatoms. The Bertz CT molecular complexity index is 493. The highest BCUT2D eigenvalue weighted by molar-refractivity contribution is 6.21. The molecule has 2 aliphatic carbocycles. The zero-order valence-electron chi connectivity index (χ0n) is 12.0. The van der Waals surface area contributed by atoms with Crippen molar-refractivity contribution in [1.82, 2.24) is 4.90 Å². The first-order valence-electron chi connectivity index (χ1n) is 7.70. The van der Waals surface area contributed by atoms with Gasteiger partial charge in [-0.2, -0.15) is 0 Å². The van der Waals surface area contributed by atoms with Crippen LogP contribution in [-0.2, 0) is 9.59 Å². The summed E-state index contributed by atoms with van der Waals surface area (Å²) in [5.41, 5.74) is 0. The number of amides is 2. The number of nitrogens with zero attached hydrogens (tertiary/aromatic N) is 2. The molecular formula is C14H18ClFN2O4. The minimum atomic E-state index is -1.49. The lowest BCUT2D eigenvalue weighted by molar-refractivity contribution is -0.526. The Morgan fingerprint density at radius 3 is 2.18 bits per heavy atom. The maximum Gasteiger partial charge on any atom is 0.233 e. The molecule has 0 aromatic heterocycles. The Morgan fingerprint density at radius 1 is 1.14 bits per heavy atom. The Balaban J connectivity index is 1.84. The van der Waals surface area contributed by atoms with Crippen molar-refractivity contribution in [2.75, 3.05) is 0 Å². The number of likely N-dealkylation sites (tertiary alicyclic amines) is 1. The zero-order chi connectivity index (χ0) is 16.0. The van der Waals surface area contributed by atoms with E-state index in [1.165, 1.54) is 0 Å². The number of nitro groups is 1. The van der Waals surface area contributed by atoms with Gasteiger partial charge in [-0.1, -0.05) is 12.8 Å². The second kappa shape index (κ2) is 5.76. The van der Waals surface area contributed by atoms with Crippen molar-refractivity contribution in [3.8, 4) is 0 Å². The second-order valence-corrected chi connectivity index (χ2v) is 7.03. The molecule has 22 heavy (non-hydrogen) atoms. The van der Waals surface area contributed by atoms with Gasteiger partial charge in [0.1, 0.15) is 11.5 Å². The highest BCUT2D eigenvalue weighted by Gasteiger charge is 2.55. The number of hydrogen-bond donors (Lipinski definition) is 0. The molecule has 0 radical (unpaired) electrons. The molecule has 0 spiro atoms. The largest absolute Gasteiger partial charge is 0.276 e. The fourth-order valence-corrected chi connectivity index (χ4v) is 4.44. The van der Waals surface area contributed by atoms with Crippen LogP contribution in [0.4, 0.5) is 4.39 Å². The molecule has 0 bridgehead atoms. The maximum absolute atomic E-state index is 14.4. The molecule has 1 heterocycles.